The van der Waals surface area contributed by atoms with Crippen LogP contribution in [0.25, 0.3) is 0 Å². The predicted molar refractivity (Wildman–Crippen MR) is 42.8 cm³/mol. The molecule has 1 nitrogen and oxygen atoms in total. The lowest BCUT2D eigenvalue weighted by Crippen LogP contribution is -2.21. The Bertz CT molecular complexity index is 151. The van der Waals surface area contributed by atoms with Crippen molar-refractivity contribution in [1.82, 2.24) is 5.32 Å². The fourth-order valence-electron chi connectivity index (χ4n) is 2.39. The molecule has 10 heavy (non-hydrogen) atoms. The summed E-state index contributed by atoms with van der Waals surface area (Å²) in [4.78, 5) is 0. The van der Waals surface area contributed by atoms with Crippen molar-refractivity contribution in [3.63, 3.8) is 0 Å². The Hall–Kier alpha value is -0.300. The Morgan fingerprint density at radius 2 is 2.30 bits per heavy atom. The van der Waals surface area contributed by atoms with Crippen molar-refractivity contribution >= 4 is 0 Å². The zero-order valence-electron chi connectivity index (χ0n) is 6.51. The van der Waals surface area contributed by atoms with Crippen LogP contribution in [0.5, 0.6) is 0 Å². The van der Waals surface area contributed by atoms with Gasteiger partial charge in [-0.25, -0.2) is 0 Å². The molecule has 0 aromatic heterocycles. The van der Waals surface area contributed by atoms with Gasteiger partial charge in [-0.05, 0) is 44.2 Å². The molecule has 0 radical (unpaired) electrons. The Morgan fingerprint density at radius 1 is 1.40 bits per heavy atom. The Labute approximate surface area is 62.5 Å². The molecule has 0 amide bonds. The van der Waals surface area contributed by atoms with E-state index >= 15 is 0 Å². The molecule has 0 aliphatic heterocycles. The van der Waals surface area contributed by atoms with E-state index < -0.39 is 0 Å². The van der Waals surface area contributed by atoms with Crippen LogP contribution in [0.4, 0.5) is 0 Å². The highest BCUT2D eigenvalue weighted by molar-refractivity contribution is 5.10. The second-order valence-electron chi connectivity index (χ2n) is 3.60. The van der Waals surface area contributed by atoms with Crippen LogP contribution in [-0.2, 0) is 0 Å². The van der Waals surface area contributed by atoms with Gasteiger partial charge in [-0.3, -0.25) is 0 Å². The lowest BCUT2D eigenvalue weighted by molar-refractivity contribution is 0.430. The van der Waals surface area contributed by atoms with Gasteiger partial charge < -0.3 is 5.32 Å². The molecule has 2 bridgehead atoms. The van der Waals surface area contributed by atoms with E-state index in [4.69, 9.17) is 0 Å². The molecule has 0 saturated heterocycles. The molecule has 1 N–H and O–H groups in total. The van der Waals surface area contributed by atoms with Crippen LogP contribution in [0.1, 0.15) is 12.8 Å². The molecule has 3 atom stereocenters. The SMILES string of the molecule is CNCC1CC2C=CC1C2. The number of allylic oxidation sites excluding steroid dienone is 2. The van der Waals surface area contributed by atoms with E-state index in [0.717, 1.165) is 17.8 Å². The summed E-state index contributed by atoms with van der Waals surface area (Å²) in [5.74, 6) is 2.79. The number of fused-ring (bicyclic) bond motifs is 2. The van der Waals surface area contributed by atoms with Crippen molar-refractivity contribution in [3.8, 4) is 0 Å². The monoisotopic (exact) mass is 137 g/mol. The average molecular weight is 137 g/mol. The number of nitrogens with one attached hydrogen (secondary N) is 1. The third-order valence-corrected chi connectivity index (χ3v) is 2.88. The lowest BCUT2D eigenvalue weighted by Gasteiger charge is -2.16. The van der Waals surface area contributed by atoms with Crippen molar-refractivity contribution in [2.24, 2.45) is 17.8 Å². The molecule has 0 aromatic rings. The van der Waals surface area contributed by atoms with E-state index in [2.05, 4.69) is 24.5 Å². The van der Waals surface area contributed by atoms with Crippen LogP contribution in [0, 0.1) is 17.8 Å². The minimum absolute atomic E-state index is 0.914. The quantitative estimate of drug-likeness (QED) is 0.567. The highest BCUT2D eigenvalue weighted by Gasteiger charge is 2.34. The van der Waals surface area contributed by atoms with Crippen LogP contribution in [0.2, 0.25) is 0 Å². The molecule has 0 aromatic carbocycles. The van der Waals surface area contributed by atoms with Gasteiger partial charge in [0.2, 0.25) is 0 Å². The molecule has 56 valence electrons. The smallest absolute Gasteiger partial charge is 0.00177 e. The fourth-order valence-corrected chi connectivity index (χ4v) is 2.39. The maximum absolute atomic E-state index is 3.26. The summed E-state index contributed by atoms with van der Waals surface area (Å²) < 4.78 is 0. The molecule has 1 saturated carbocycles. The first-order valence-electron chi connectivity index (χ1n) is 4.23. The van der Waals surface area contributed by atoms with Crippen molar-refractivity contribution in [3.05, 3.63) is 12.2 Å². The third-order valence-electron chi connectivity index (χ3n) is 2.88. The van der Waals surface area contributed by atoms with Gasteiger partial charge >= 0.3 is 0 Å². The van der Waals surface area contributed by atoms with Crippen LogP contribution in [0.3, 0.4) is 0 Å². The zero-order valence-corrected chi connectivity index (χ0v) is 6.51. The summed E-state index contributed by atoms with van der Waals surface area (Å²) in [6.07, 6.45) is 7.68. The van der Waals surface area contributed by atoms with Gasteiger partial charge in [0, 0.05) is 0 Å². The summed E-state index contributed by atoms with van der Waals surface area (Å²) in [6.45, 7) is 1.21. The highest BCUT2D eigenvalue weighted by Crippen LogP contribution is 2.42. The van der Waals surface area contributed by atoms with Gasteiger partial charge in [0.05, 0.1) is 0 Å². The summed E-state index contributed by atoms with van der Waals surface area (Å²) in [7, 11) is 2.05. The van der Waals surface area contributed by atoms with Crippen molar-refractivity contribution in [2.45, 2.75) is 12.8 Å². The van der Waals surface area contributed by atoms with E-state index in [-0.39, 0.29) is 0 Å². The normalized spacial score (nSPS) is 43.1. The number of hydrogen-bond acceptors (Lipinski definition) is 1. The van der Waals surface area contributed by atoms with Gasteiger partial charge in [-0.15, -0.1) is 0 Å². The molecule has 0 heterocycles. The van der Waals surface area contributed by atoms with Crippen LogP contribution in [-0.4, -0.2) is 13.6 Å². The standard InChI is InChI=1S/C9H15N/c1-10-6-9-5-7-2-3-8(9)4-7/h2-3,7-10H,4-6H2,1H3. The molecule has 1 fully saturated rings. The molecule has 1 heteroatoms. The maximum atomic E-state index is 3.26. The minimum atomic E-state index is 0.914. The van der Waals surface area contributed by atoms with Crippen LogP contribution >= 0.6 is 0 Å². The van der Waals surface area contributed by atoms with E-state index in [1.54, 1.807) is 0 Å². The minimum Gasteiger partial charge on any atom is -0.319 e. The second-order valence-corrected chi connectivity index (χ2v) is 3.60. The van der Waals surface area contributed by atoms with Crippen LogP contribution in [0.15, 0.2) is 12.2 Å². The van der Waals surface area contributed by atoms with E-state index in [0.29, 0.717) is 0 Å². The van der Waals surface area contributed by atoms with Gasteiger partial charge in [-0.1, -0.05) is 12.2 Å². The molecular weight excluding hydrogens is 122 g/mol. The molecule has 2 aliphatic rings. The highest BCUT2D eigenvalue weighted by atomic mass is 14.8. The molecular formula is C9H15N. The zero-order chi connectivity index (χ0) is 6.97. The first-order chi connectivity index (χ1) is 4.90. The largest absolute Gasteiger partial charge is 0.319 e. The van der Waals surface area contributed by atoms with Crippen molar-refractivity contribution in [2.75, 3.05) is 13.6 Å². The Kier molecular flexibility index (Phi) is 1.53. The van der Waals surface area contributed by atoms with Crippen LogP contribution < -0.4 is 5.32 Å². The summed E-state index contributed by atoms with van der Waals surface area (Å²) in [5, 5.41) is 3.26. The second kappa shape index (κ2) is 2.39. The van der Waals surface area contributed by atoms with Crippen molar-refractivity contribution in [1.29, 1.82) is 0 Å². The fraction of sp³-hybridized carbons (Fsp3) is 0.778. The van der Waals surface area contributed by atoms with Gasteiger partial charge in [0.25, 0.3) is 0 Å². The topological polar surface area (TPSA) is 12.0 Å². The summed E-state index contributed by atoms with van der Waals surface area (Å²) in [5.41, 5.74) is 0. The number of hydrogen-bond donors (Lipinski definition) is 1. The Morgan fingerprint density at radius 3 is 2.80 bits per heavy atom. The predicted octanol–water partition coefficient (Wildman–Crippen LogP) is 1.42. The van der Waals surface area contributed by atoms with E-state index in [1.165, 1.54) is 19.4 Å². The van der Waals surface area contributed by atoms with Gasteiger partial charge in [-0.2, -0.15) is 0 Å². The summed E-state index contributed by atoms with van der Waals surface area (Å²) in [6, 6.07) is 0. The Balaban J connectivity index is 1.96. The first kappa shape index (κ1) is 6.41. The third kappa shape index (κ3) is 0.891. The van der Waals surface area contributed by atoms with Crippen molar-refractivity contribution < 1.29 is 0 Å². The van der Waals surface area contributed by atoms with E-state index in [9.17, 15) is 0 Å². The summed E-state index contributed by atoms with van der Waals surface area (Å²) >= 11 is 0. The molecule has 3 unspecified atom stereocenters. The number of rotatable bonds is 2. The average Bonchev–Trinajstić information content (AvgIpc) is 2.48. The molecule has 2 rings (SSSR count). The lowest BCUT2D eigenvalue weighted by atomic mass is 9.94. The van der Waals surface area contributed by atoms with Gasteiger partial charge in [0.15, 0.2) is 0 Å². The first-order valence-corrected chi connectivity index (χ1v) is 4.23. The molecule has 0 spiro atoms. The maximum Gasteiger partial charge on any atom is -0.00177 e. The van der Waals surface area contributed by atoms with Gasteiger partial charge in [0.1, 0.15) is 0 Å². The van der Waals surface area contributed by atoms with E-state index in [1.807, 2.05) is 0 Å². The molecule has 2 aliphatic carbocycles.